The topological polar surface area (TPSA) is 63.6 Å². The van der Waals surface area contributed by atoms with Gasteiger partial charge in [0.05, 0.1) is 13.0 Å². The second-order valence-corrected chi connectivity index (χ2v) is 3.96. The first kappa shape index (κ1) is 12.4. The first-order valence-corrected chi connectivity index (χ1v) is 5.64. The van der Waals surface area contributed by atoms with Gasteiger partial charge in [-0.3, -0.25) is 4.79 Å². The highest BCUT2D eigenvalue weighted by molar-refractivity contribution is 7.10. The third-order valence-corrected chi connectivity index (χ3v) is 2.56. The van der Waals surface area contributed by atoms with E-state index in [1.54, 1.807) is 13.0 Å². The summed E-state index contributed by atoms with van der Waals surface area (Å²) in [5, 5.41) is 10.5. The average Bonchev–Trinajstić information content (AvgIpc) is 2.69. The van der Waals surface area contributed by atoms with Gasteiger partial charge in [-0.1, -0.05) is 6.07 Å². The van der Waals surface area contributed by atoms with Crippen molar-refractivity contribution in [1.29, 1.82) is 0 Å². The van der Waals surface area contributed by atoms with E-state index in [0.29, 0.717) is 0 Å². The molecule has 0 radical (unpaired) electrons. The van der Waals surface area contributed by atoms with Crippen molar-refractivity contribution in [3.63, 3.8) is 0 Å². The molecule has 0 amide bonds. The number of aliphatic carboxylic acids is 1. The van der Waals surface area contributed by atoms with Crippen molar-refractivity contribution in [2.45, 2.75) is 13.3 Å². The van der Waals surface area contributed by atoms with Gasteiger partial charge in [-0.25, -0.2) is 4.79 Å². The van der Waals surface area contributed by atoms with Gasteiger partial charge < -0.3 is 9.84 Å². The molecule has 0 unspecified atom stereocenters. The molecule has 0 atom stereocenters. The molecule has 0 aliphatic carbocycles. The van der Waals surface area contributed by atoms with Gasteiger partial charge >= 0.3 is 11.9 Å². The van der Waals surface area contributed by atoms with Gasteiger partial charge in [-0.15, -0.1) is 11.3 Å². The summed E-state index contributed by atoms with van der Waals surface area (Å²) in [7, 11) is 0. The molecule has 0 aromatic carbocycles. The van der Waals surface area contributed by atoms with Crippen molar-refractivity contribution in [3.05, 3.63) is 28.0 Å². The third kappa shape index (κ3) is 3.86. The number of rotatable bonds is 5. The van der Waals surface area contributed by atoms with Crippen molar-refractivity contribution in [1.82, 2.24) is 0 Å². The van der Waals surface area contributed by atoms with Crippen LogP contribution in [0.1, 0.15) is 18.2 Å². The number of hydrogen-bond acceptors (Lipinski definition) is 4. The number of esters is 1. The summed E-state index contributed by atoms with van der Waals surface area (Å²) < 4.78 is 4.79. The molecule has 4 nitrogen and oxygen atoms in total. The Morgan fingerprint density at radius 1 is 1.56 bits per heavy atom. The second-order valence-electron chi connectivity index (χ2n) is 2.98. The molecule has 0 spiro atoms. The molecule has 0 saturated carbocycles. The Morgan fingerprint density at radius 2 is 2.31 bits per heavy atom. The van der Waals surface area contributed by atoms with E-state index in [1.807, 2.05) is 17.5 Å². The van der Waals surface area contributed by atoms with Crippen LogP contribution in [-0.2, 0) is 14.3 Å². The summed E-state index contributed by atoms with van der Waals surface area (Å²) in [5.41, 5.74) is 0.164. The van der Waals surface area contributed by atoms with Gasteiger partial charge in [0, 0.05) is 10.5 Å². The van der Waals surface area contributed by atoms with Crippen LogP contribution in [0.3, 0.4) is 0 Å². The first-order chi connectivity index (χ1) is 7.63. The van der Waals surface area contributed by atoms with Gasteiger partial charge in [0.2, 0.25) is 0 Å². The Hall–Kier alpha value is -1.62. The lowest BCUT2D eigenvalue weighted by Gasteiger charge is -2.03. The molecule has 86 valence electrons. The zero-order chi connectivity index (χ0) is 12.0. The predicted molar refractivity (Wildman–Crippen MR) is 61.2 cm³/mol. The summed E-state index contributed by atoms with van der Waals surface area (Å²) in [6, 6.07) is 3.64. The molecule has 1 aromatic rings. The second kappa shape index (κ2) is 6.07. The molecular formula is C11H12O4S. The van der Waals surface area contributed by atoms with E-state index in [1.165, 1.54) is 11.3 Å². The van der Waals surface area contributed by atoms with Crippen LogP contribution in [0.4, 0.5) is 0 Å². The minimum absolute atomic E-state index is 0.164. The van der Waals surface area contributed by atoms with E-state index in [0.717, 1.165) is 4.88 Å². The minimum Gasteiger partial charge on any atom is -0.481 e. The maximum atomic E-state index is 11.5. The lowest BCUT2D eigenvalue weighted by atomic mass is 10.1. The lowest BCUT2D eigenvalue weighted by molar-refractivity contribution is -0.142. The highest BCUT2D eigenvalue weighted by atomic mass is 32.1. The SMILES string of the molecule is CCOC(=O)/C(=C/c1cccs1)CC(=O)O. The van der Waals surface area contributed by atoms with E-state index in [4.69, 9.17) is 9.84 Å². The van der Waals surface area contributed by atoms with Crippen molar-refractivity contribution in [3.8, 4) is 0 Å². The number of carbonyl (C=O) groups excluding carboxylic acids is 1. The Kier molecular flexibility index (Phi) is 4.72. The fourth-order valence-corrected chi connectivity index (χ4v) is 1.80. The number of carboxylic acid groups (broad SMARTS) is 1. The molecule has 0 bridgehead atoms. The van der Waals surface area contributed by atoms with Gasteiger partial charge in [0.15, 0.2) is 0 Å². The summed E-state index contributed by atoms with van der Waals surface area (Å²) in [4.78, 5) is 22.9. The van der Waals surface area contributed by atoms with E-state index >= 15 is 0 Å². The molecular weight excluding hydrogens is 228 g/mol. The monoisotopic (exact) mass is 240 g/mol. The van der Waals surface area contributed by atoms with E-state index in [-0.39, 0.29) is 18.6 Å². The van der Waals surface area contributed by atoms with Crippen molar-refractivity contribution >= 4 is 29.4 Å². The largest absolute Gasteiger partial charge is 0.481 e. The van der Waals surface area contributed by atoms with Gasteiger partial charge in [0.25, 0.3) is 0 Å². The Balaban J connectivity index is 2.86. The van der Waals surface area contributed by atoms with Crippen LogP contribution >= 0.6 is 11.3 Å². The maximum absolute atomic E-state index is 11.5. The number of carbonyl (C=O) groups is 2. The van der Waals surface area contributed by atoms with Crippen LogP contribution in [0.5, 0.6) is 0 Å². The summed E-state index contributed by atoms with van der Waals surface area (Å²) in [6.07, 6.45) is 1.23. The summed E-state index contributed by atoms with van der Waals surface area (Å²) in [5.74, 6) is -1.62. The predicted octanol–water partition coefficient (Wildman–Crippen LogP) is 2.17. The van der Waals surface area contributed by atoms with Crippen LogP contribution in [0, 0.1) is 0 Å². The van der Waals surface area contributed by atoms with Crippen LogP contribution in [0.15, 0.2) is 23.1 Å². The number of carboxylic acids is 1. The minimum atomic E-state index is -1.05. The molecule has 0 aliphatic heterocycles. The normalized spacial score (nSPS) is 11.2. The number of ether oxygens (including phenoxy) is 1. The quantitative estimate of drug-likeness (QED) is 0.632. The Bertz CT molecular complexity index is 392. The fourth-order valence-electron chi connectivity index (χ4n) is 1.11. The standard InChI is InChI=1S/C11H12O4S/c1-2-15-11(14)8(7-10(12)13)6-9-4-3-5-16-9/h3-6H,2,7H2,1H3,(H,12,13)/b8-6+. The van der Waals surface area contributed by atoms with E-state index < -0.39 is 11.9 Å². The number of hydrogen-bond donors (Lipinski definition) is 1. The molecule has 5 heteroatoms. The Morgan fingerprint density at radius 3 is 2.81 bits per heavy atom. The molecule has 0 aliphatic rings. The number of thiophene rings is 1. The zero-order valence-electron chi connectivity index (χ0n) is 8.80. The lowest BCUT2D eigenvalue weighted by Crippen LogP contribution is -2.11. The van der Waals surface area contributed by atoms with Crippen molar-refractivity contribution < 1.29 is 19.4 Å². The van der Waals surface area contributed by atoms with Crippen molar-refractivity contribution in [2.75, 3.05) is 6.61 Å². The highest BCUT2D eigenvalue weighted by Crippen LogP contribution is 2.16. The van der Waals surface area contributed by atoms with E-state index in [9.17, 15) is 9.59 Å². The smallest absolute Gasteiger partial charge is 0.334 e. The average molecular weight is 240 g/mol. The van der Waals surface area contributed by atoms with Crippen LogP contribution in [0.2, 0.25) is 0 Å². The fraction of sp³-hybridized carbons (Fsp3) is 0.273. The zero-order valence-corrected chi connectivity index (χ0v) is 9.62. The van der Waals surface area contributed by atoms with Crippen LogP contribution in [0.25, 0.3) is 6.08 Å². The molecule has 0 fully saturated rings. The summed E-state index contributed by atoms with van der Waals surface area (Å²) >= 11 is 1.44. The van der Waals surface area contributed by atoms with Gasteiger partial charge in [0.1, 0.15) is 0 Å². The van der Waals surface area contributed by atoms with Gasteiger partial charge in [-0.05, 0) is 24.4 Å². The van der Waals surface area contributed by atoms with Crippen LogP contribution < -0.4 is 0 Å². The van der Waals surface area contributed by atoms with E-state index in [2.05, 4.69) is 0 Å². The van der Waals surface area contributed by atoms with Crippen LogP contribution in [-0.4, -0.2) is 23.7 Å². The Labute approximate surface area is 97.2 Å². The van der Waals surface area contributed by atoms with Gasteiger partial charge in [-0.2, -0.15) is 0 Å². The summed E-state index contributed by atoms with van der Waals surface area (Å²) in [6.45, 7) is 1.92. The molecule has 0 saturated heterocycles. The molecule has 1 rings (SSSR count). The highest BCUT2D eigenvalue weighted by Gasteiger charge is 2.14. The third-order valence-electron chi connectivity index (χ3n) is 1.74. The molecule has 16 heavy (non-hydrogen) atoms. The van der Waals surface area contributed by atoms with Crippen molar-refractivity contribution in [2.24, 2.45) is 0 Å². The molecule has 1 heterocycles. The molecule has 1 aromatic heterocycles. The molecule has 1 N–H and O–H groups in total. The maximum Gasteiger partial charge on any atom is 0.334 e. The first-order valence-electron chi connectivity index (χ1n) is 4.76.